The predicted octanol–water partition coefficient (Wildman–Crippen LogP) is 3.65. The van der Waals surface area contributed by atoms with Gasteiger partial charge in [-0.2, -0.15) is 8.42 Å². The molecule has 0 bridgehead atoms. The second kappa shape index (κ2) is 9.11. The molecule has 4 aromatic carbocycles. The van der Waals surface area contributed by atoms with Crippen LogP contribution < -0.4 is 16.5 Å². The van der Waals surface area contributed by atoms with E-state index >= 15 is 0 Å². The summed E-state index contributed by atoms with van der Waals surface area (Å²) in [7, 11) is -4.36. The number of nitrogens with two attached hydrogens (primary N) is 1. The summed E-state index contributed by atoms with van der Waals surface area (Å²) in [5.41, 5.74) is 2.83. The number of aryl methyl sites for hydroxylation is 2. The minimum atomic E-state index is -4.36. The molecule has 0 aliphatic carbocycles. The van der Waals surface area contributed by atoms with E-state index in [1.165, 1.54) is 6.07 Å². The van der Waals surface area contributed by atoms with Crippen LogP contribution in [0.4, 0.5) is 5.69 Å². The van der Waals surface area contributed by atoms with Crippen LogP contribution in [0, 0.1) is 13.8 Å². The van der Waals surface area contributed by atoms with Crippen molar-refractivity contribution >= 4 is 54.0 Å². The van der Waals surface area contributed by atoms with E-state index in [1.54, 1.807) is 6.07 Å². The van der Waals surface area contributed by atoms with E-state index in [0.29, 0.717) is 18.5 Å². The van der Waals surface area contributed by atoms with Gasteiger partial charge in [0.25, 0.3) is 10.1 Å². The molecule has 0 saturated heterocycles. The third kappa shape index (κ3) is 4.45. The van der Waals surface area contributed by atoms with Crippen molar-refractivity contribution in [1.82, 2.24) is 5.32 Å². The van der Waals surface area contributed by atoms with Gasteiger partial charge in [-0.3, -0.25) is 14.2 Å². The summed E-state index contributed by atoms with van der Waals surface area (Å²) in [6, 6.07) is 11.4. The molecule has 0 atom stereocenters. The minimum absolute atomic E-state index is 0.0694. The van der Waals surface area contributed by atoms with Crippen molar-refractivity contribution in [3.8, 4) is 0 Å². The fourth-order valence-corrected chi connectivity index (χ4v) is 5.27. The van der Waals surface area contributed by atoms with Crippen LogP contribution in [0.2, 0.25) is 0 Å². The second-order valence-corrected chi connectivity index (χ2v) is 9.66. The van der Waals surface area contributed by atoms with Crippen molar-refractivity contribution in [3.05, 3.63) is 47.5 Å². The molecule has 4 rings (SSSR count). The van der Waals surface area contributed by atoms with Gasteiger partial charge in [-0.25, -0.2) is 5.90 Å². The molecule has 33 heavy (non-hydrogen) atoms. The number of carbonyl (C=O) groups is 1. The molecule has 1 amide bonds. The number of rotatable bonds is 9. The number of amides is 1. The topological polar surface area (TPSA) is 131 Å². The lowest BCUT2D eigenvalue weighted by molar-refractivity contribution is -0.125. The molecule has 4 aromatic rings. The van der Waals surface area contributed by atoms with Crippen molar-refractivity contribution in [2.45, 2.75) is 31.6 Å². The first kappa shape index (κ1) is 23.2. The van der Waals surface area contributed by atoms with Gasteiger partial charge in [-0.05, 0) is 71.5 Å². The molecule has 0 saturated carbocycles. The summed E-state index contributed by atoms with van der Waals surface area (Å²) in [6.45, 7) is 4.98. The number of anilines is 1. The van der Waals surface area contributed by atoms with Crippen LogP contribution in [0.3, 0.4) is 0 Å². The highest BCUT2D eigenvalue weighted by Gasteiger charge is 2.21. The number of nitrogens with one attached hydrogen (secondary N) is 2. The summed E-state index contributed by atoms with van der Waals surface area (Å²) >= 11 is 0. The third-order valence-corrected chi connectivity index (χ3v) is 6.90. The standard InChI is InChI=1S/C24H27N3O5S/c1-14-11-20(26-9-3-4-10-27-22(28)13-32-25)18-7-8-19-21(33(29,30)31)12-15(2)17-6-5-16(14)23(18)24(17)19/h5-8,11-12,26H,3-4,9-10,13,25H2,1-2H3,(H,27,28)(H,29,30,31). The first-order chi connectivity index (χ1) is 15.7. The molecule has 0 aliphatic rings. The molecule has 8 nitrogen and oxygen atoms in total. The molecule has 0 aromatic heterocycles. The lowest BCUT2D eigenvalue weighted by Crippen LogP contribution is -2.29. The average molecular weight is 470 g/mol. The number of unbranched alkanes of at least 4 members (excludes halogenated alkanes) is 1. The molecule has 174 valence electrons. The molecule has 0 unspecified atom stereocenters. The normalized spacial score (nSPS) is 12.1. The number of carbonyl (C=O) groups excluding carboxylic acids is 1. The average Bonchev–Trinajstić information content (AvgIpc) is 2.76. The predicted molar refractivity (Wildman–Crippen MR) is 130 cm³/mol. The maximum absolute atomic E-state index is 12.1. The van der Waals surface area contributed by atoms with Crippen LogP contribution in [0.25, 0.3) is 32.3 Å². The fraction of sp³-hybridized carbons (Fsp3) is 0.292. The van der Waals surface area contributed by atoms with Gasteiger partial charge >= 0.3 is 0 Å². The van der Waals surface area contributed by atoms with Crippen LogP contribution in [0.1, 0.15) is 24.0 Å². The van der Waals surface area contributed by atoms with Crippen LogP contribution in [-0.2, 0) is 19.8 Å². The lowest BCUT2D eigenvalue weighted by Gasteiger charge is -2.19. The van der Waals surface area contributed by atoms with Crippen molar-refractivity contribution < 1.29 is 22.6 Å². The van der Waals surface area contributed by atoms with Crippen LogP contribution in [-0.4, -0.2) is 38.6 Å². The van der Waals surface area contributed by atoms with E-state index in [-0.39, 0.29) is 17.4 Å². The van der Waals surface area contributed by atoms with Crippen LogP contribution >= 0.6 is 0 Å². The Morgan fingerprint density at radius 3 is 2.18 bits per heavy atom. The van der Waals surface area contributed by atoms with Crippen molar-refractivity contribution in [1.29, 1.82) is 0 Å². The zero-order valence-electron chi connectivity index (χ0n) is 18.6. The monoisotopic (exact) mass is 469 g/mol. The lowest BCUT2D eigenvalue weighted by atomic mass is 9.89. The first-order valence-electron chi connectivity index (χ1n) is 10.7. The second-order valence-electron chi connectivity index (χ2n) is 8.27. The maximum atomic E-state index is 12.1. The van der Waals surface area contributed by atoms with E-state index in [1.807, 2.05) is 26.0 Å². The summed E-state index contributed by atoms with van der Waals surface area (Å²) in [4.78, 5) is 15.6. The molecular weight excluding hydrogens is 442 g/mol. The van der Waals surface area contributed by atoms with E-state index in [9.17, 15) is 17.8 Å². The SMILES string of the molecule is Cc1cc(NCCCCNC(=O)CON)c2ccc3c(S(=O)(=O)O)cc(C)c4ccc1c2c43. The van der Waals surface area contributed by atoms with Gasteiger partial charge in [0.1, 0.15) is 11.5 Å². The highest BCUT2D eigenvalue weighted by atomic mass is 32.2. The highest BCUT2D eigenvalue weighted by Crippen LogP contribution is 2.42. The molecule has 0 spiro atoms. The molecule has 9 heteroatoms. The zero-order valence-corrected chi connectivity index (χ0v) is 19.4. The quantitative estimate of drug-likeness (QED) is 0.127. The van der Waals surface area contributed by atoms with Crippen molar-refractivity contribution in [2.75, 3.05) is 25.0 Å². The Morgan fingerprint density at radius 2 is 1.52 bits per heavy atom. The zero-order chi connectivity index (χ0) is 23.8. The highest BCUT2D eigenvalue weighted by molar-refractivity contribution is 7.86. The third-order valence-electron chi connectivity index (χ3n) is 6.01. The smallest absolute Gasteiger partial charge is 0.295 e. The van der Waals surface area contributed by atoms with Crippen molar-refractivity contribution in [2.24, 2.45) is 5.90 Å². The van der Waals surface area contributed by atoms with Crippen molar-refractivity contribution in [3.63, 3.8) is 0 Å². The van der Waals surface area contributed by atoms with Gasteiger partial charge < -0.3 is 10.6 Å². The van der Waals surface area contributed by atoms with Gasteiger partial charge in [0.05, 0.1) is 0 Å². The number of benzene rings is 4. The van der Waals surface area contributed by atoms with E-state index in [2.05, 4.69) is 27.6 Å². The Kier molecular flexibility index (Phi) is 6.40. The Labute approximate surface area is 192 Å². The van der Waals surface area contributed by atoms with Crippen LogP contribution in [0.15, 0.2) is 41.3 Å². The molecular formula is C24H27N3O5S. The van der Waals surface area contributed by atoms with Gasteiger partial charge in [-0.15, -0.1) is 0 Å². The fourth-order valence-electron chi connectivity index (χ4n) is 4.49. The van der Waals surface area contributed by atoms with Gasteiger partial charge in [-0.1, -0.05) is 24.3 Å². The molecule has 0 fully saturated rings. The Balaban J connectivity index is 1.69. The molecule has 0 aliphatic heterocycles. The van der Waals surface area contributed by atoms with E-state index in [4.69, 9.17) is 5.90 Å². The van der Waals surface area contributed by atoms with E-state index in [0.717, 1.165) is 56.6 Å². The van der Waals surface area contributed by atoms with E-state index < -0.39 is 10.1 Å². The summed E-state index contributed by atoms with van der Waals surface area (Å²) in [5, 5.41) is 11.6. The number of hydrogen-bond acceptors (Lipinski definition) is 6. The van der Waals surface area contributed by atoms with Gasteiger partial charge in [0.15, 0.2) is 0 Å². The molecule has 0 heterocycles. The molecule has 0 radical (unpaired) electrons. The Bertz CT molecular complexity index is 1450. The van der Waals surface area contributed by atoms with Gasteiger partial charge in [0, 0.05) is 29.5 Å². The molecule has 5 N–H and O–H groups in total. The minimum Gasteiger partial charge on any atom is -0.385 e. The Hall–Kier alpha value is -2.98. The largest absolute Gasteiger partial charge is 0.385 e. The Morgan fingerprint density at radius 1 is 0.939 bits per heavy atom. The van der Waals surface area contributed by atoms with Gasteiger partial charge in [0.2, 0.25) is 5.91 Å². The first-order valence-corrected chi connectivity index (χ1v) is 12.2. The maximum Gasteiger partial charge on any atom is 0.295 e. The van der Waals surface area contributed by atoms with Crippen LogP contribution in [0.5, 0.6) is 0 Å². The summed E-state index contributed by atoms with van der Waals surface area (Å²) in [6.07, 6.45) is 1.64. The summed E-state index contributed by atoms with van der Waals surface area (Å²) in [5.74, 6) is 4.64. The number of hydrogen-bond donors (Lipinski definition) is 4. The summed E-state index contributed by atoms with van der Waals surface area (Å²) < 4.78 is 34.0.